The number of nitrogens with zero attached hydrogens (tertiary/aromatic N) is 1. The molecule has 0 aliphatic heterocycles. The molecule has 0 saturated carbocycles. The first kappa shape index (κ1) is 17.2. The number of rotatable bonds is 7. The summed E-state index contributed by atoms with van der Waals surface area (Å²) in [7, 11) is 0.345. The molecule has 0 bridgehead atoms. The van der Waals surface area contributed by atoms with Gasteiger partial charge in [-0.15, -0.1) is 0 Å². The Bertz CT molecular complexity index is 364. The highest BCUT2D eigenvalue weighted by Crippen LogP contribution is 2.04. The second kappa shape index (κ2) is 7.58. The summed E-state index contributed by atoms with van der Waals surface area (Å²) in [5, 5.41) is 6.04. The van der Waals surface area contributed by atoms with Crippen LogP contribution in [0.2, 0.25) is 0 Å². The van der Waals surface area contributed by atoms with E-state index >= 15 is 0 Å². The molecule has 6 nitrogen and oxygen atoms in total. The molecule has 0 atom stereocenters. The van der Waals surface area contributed by atoms with Crippen LogP contribution in [0, 0.1) is 0 Å². The van der Waals surface area contributed by atoms with E-state index < -0.39 is 9.84 Å². The third-order valence-electron chi connectivity index (χ3n) is 2.60. The van der Waals surface area contributed by atoms with Crippen molar-refractivity contribution in [3.05, 3.63) is 0 Å². The highest BCUT2D eigenvalue weighted by Gasteiger charge is 2.16. The molecule has 0 spiro atoms. The lowest BCUT2D eigenvalue weighted by molar-refractivity contribution is 0.0268. The fourth-order valence-corrected chi connectivity index (χ4v) is 1.76. The third kappa shape index (κ3) is 7.50. The molecule has 0 saturated heterocycles. The summed E-state index contributed by atoms with van der Waals surface area (Å²) in [6.45, 7) is 6.49. The van der Waals surface area contributed by atoms with Gasteiger partial charge in [0, 0.05) is 33.0 Å². The van der Waals surface area contributed by atoms with Gasteiger partial charge in [0.2, 0.25) is 0 Å². The minimum atomic E-state index is -2.94. The zero-order valence-electron chi connectivity index (χ0n) is 11.9. The van der Waals surface area contributed by atoms with Crippen molar-refractivity contribution >= 4 is 15.8 Å². The van der Waals surface area contributed by atoms with Gasteiger partial charge in [0.25, 0.3) is 0 Å². The second-order valence-corrected chi connectivity index (χ2v) is 7.03. The van der Waals surface area contributed by atoms with Crippen molar-refractivity contribution in [2.45, 2.75) is 26.4 Å². The van der Waals surface area contributed by atoms with Crippen LogP contribution in [0.3, 0.4) is 0 Å². The lowest BCUT2D eigenvalue weighted by Gasteiger charge is -2.24. The van der Waals surface area contributed by atoms with E-state index in [1.165, 1.54) is 0 Å². The van der Waals surface area contributed by atoms with Crippen LogP contribution in [0.15, 0.2) is 4.99 Å². The number of methoxy groups -OCH3 is 1. The predicted octanol–water partition coefficient (Wildman–Crippen LogP) is 0.0111. The molecule has 0 radical (unpaired) electrons. The number of nitrogens with one attached hydrogen (secondary N) is 2. The van der Waals surface area contributed by atoms with Crippen LogP contribution in [0.5, 0.6) is 0 Å². The molecule has 18 heavy (non-hydrogen) atoms. The van der Waals surface area contributed by atoms with Gasteiger partial charge in [0.05, 0.1) is 11.4 Å². The Morgan fingerprint density at radius 1 is 1.33 bits per heavy atom. The summed E-state index contributed by atoms with van der Waals surface area (Å²) >= 11 is 0. The van der Waals surface area contributed by atoms with E-state index in [-0.39, 0.29) is 17.1 Å². The van der Waals surface area contributed by atoms with Crippen LogP contribution in [0.4, 0.5) is 0 Å². The van der Waals surface area contributed by atoms with Crippen molar-refractivity contribution in [3.63, 3.8) is 0 Å². The third-order valence-corrected chi connectivity index (χ3v) is 4.31. The van der Waals surface area contributed by atoms with Gasteiger partial charge in [-0.05, 0) is 13.8 Å². The van der Waals surface area contributed by atoms with Crippen molar-refractivity contribution in [1.82, 2.24) is 10.6 Å². The number of aliphatic imine (C=N–C) groups is 1. The van der Waals surface area contributed by atoms with E-state index in [1.54, 1.807) is 21.1 Å². The van der Waals surface area contributed by atoms with Crippen molar-refractivity contribution in [3.8, 4) is 0 Å². The van der Waals surface area contributed by atoms with Crippen LogP contribution < -0.4 is 10.6 Å². The topological polar surface area (TPSA) is 79.8 Å². The zero-order chi connectivity index (χ0) is 14.2. The van der Waals surface area contributed by atoms with E-state index in [4.69, 9.17) is 4.74 Å². The van der Waals surface area contributed by atoms with Crippen molar-refractivity contribution in [1.29, 1.82) is 0 Å². The molecule has 0 amide bonds. The highest BCUT2D eigenvalue weighted by atomic mass is 32.2. The first-order chi connectivity index (χ1) is 8.26. The molecule has 0 aliphatic rings. The maximum absolute atomic E-state index is 11.3. The van der Waals surface area contributed by atoms with E-state index in [1.807, 2.05) is 13.8 Å². The van der Waals surface area contributed by atoms with E-state index in [0.717, 1.165) is 0 Å². The Balaban J connectivity index is 4.08. The van der Waals surface area contributed by atoms with Gasteiger partial charge in [-0.2, -0.15) is 0 Å². The van der Waals surface area contributed by atoms with Crippen LogP contribution in [-0.4, -0.2) is 58.7 Å². The van der Waals surface area contributed by atoms with Gasteiger partial charge in [-0.1, -0.05) is 6.92 Å². The van der Waals surface area contributed by atoms with Crippen molar-refractivity contribution < 1.29 is 13.2 Å². The van der Waals surface area contributed by atoms with Crippen molar-refractivity contribution in [2.75, 3.05) is 38.8 Å². The molecule has 7 heteroatoms. The summed E-state index contributed by atoms with van der Waals surface area (Å²) in [6, 6.07) is 0. The fraction of sp³-hybridized carbons (Fsp3) is 0.909. The Morgan fingerprint density at radius 2 is 1.94 bits per heavy atom. The van der Waals surface area contributed by atoms with E-state index in [9.17, 15) is 8.42 Å². The molecule has 2 N–H and O–H groups in total. The van der Waals surface area contributed by atoms with Crippen LogP contribution in [-0.2, 0) is 14.6 Å². The normalized spacial score (nSPS) is 13.5. The Hall–Kier alpha value is -0.820. The molecule has 0 heterocycles. The maximum Gasteiger partial charge on any atom is 0.191 e. The lowest BCUT2D eigenvalue weighted by atomic mass is 10.1. The summed E-state index contributed by atoms with van der Waals surface area (Å²) in [6.07, 6.45) is 0. The number of guanidine groups is 1. The van der Waals surface area contributed by atoms with Gasteiger partial charge in [0.1, 0.15) is 0 Å². The predicted molar refractivity (Wildman–Crippen MR) is 74.8 cm³/mol. The Labute approximate surface area is 110 Å². The molecule has 0 aromatic carbocycles. The Kier molecular flexibility index (Phi) is 7.23. The molecule has 0 aromatic heterocycles. The standard InChI is InChI=1S/C11H25N3O3S/c1-6-18(15,16)8-7-13-10(12-4)14-9-11(2,3)17-5/h6-9H2,1-5H3,(H2,12,13,14). The zero-order valence-corrected chi connectivity index (χ0v) is 12.7. The largest absolute Gasteiger partial charge is 0.377 e. The molecular formula is C11H25N3O3S. The molecule has 0 aliphatic carbocycles. The fourth-order valence-electron chi connectivity index (χ4n) is 1.06. The maximum atomic E-state index is 11.3. The molecule has 108 valence electrons. The van der Waals surface area contributed by atoms with Crippen molar-refractivity contribution in [2.24, 2.45) is 4.99 Å². The van der Waals surface area contributed by atoms with Crippen LogP contribution in [0.25, 0.3) is 0 Å². The first-order valence-corrected chi connectivity index (χ1v) is 7.78. The quantitative estimate of drug-likeness (QED) is 0.507. The molecule has 0 unspecified atom stereocenters. The van der Waals surface area contributed by atoms with Gasteiger partial charge >= 0.3 is 0 Å². The Morgan fingerprint density at radius 3 is 2.39 bits per heavy atom. The SMILES string of the molecule is CCS(=O)(=O)CCNC(=NC)NCC(C)(C)OC. The average Bonchev–Trinajstić information content (AvgIpc) is 2.33. The van der Waals surface area contributed by atoms with Gasteiger partial charge in [-0.3, -0.25) is 4.99 Å². The number of ether oxygens (including phenoxy) is 1. The second-order valence-electron chi connectivity index (χ2n) is 4.55. The summed E-state index contributed by atoms with van der Waals surface area (Å²) in [4.78, 5) is 4.01. The average molecular weight is 279 g/mol. The van der Waals surface area contributed by atoms with E-state index in [0.29, 0.717) is 19.0 Å². The van der Waals surface area contributed by atoms with Gasteiger partial charge in [0.15, 0.2) is 15.8 Å². The summed E-state index contributed by atoms with van der Waals surface area (Å²) in [5.41, 5.74) is -0.298. The molecule has 0 aromatic rings. The highest BCUT2D eigenvalue weighted by molar-refractivity contribution is 7.91. The smallest absolute Gasteiger partial charge is 0.191 e. The van der Waals surface area contributed by atoms with E-state index in [2.05, 4.69) is 15.6 Å². The lowest BCUT2D eigenvalue weighted by Crippen LogP contribution is -2.46. The molecule has 0 fully saturated rings. The number of hydrogen-bond donors (Lipinski definition) is 2. The molecule has 0 rings (SSSR count). The van der Waals surface area contributed by atoms with Gasteiger partial charge < -0.3 is 15.4 Å². The summed E-state index contributed by atoms with van der Waals surface area (Å²) < 4.78 is 27.9. The van der Waals surface area contributed by atoms with Crippen LogP contribution >= 0.6 is 0 Å². The number of hydrogen-bond acceptors (Lipinski definition) is 4. The van der Waals surface area contributed by atoms with Gasteiger partial charge in [-0.25, -0.2) is 8.42 Å². The minimum Gasteiger partial charge on any atom is -0.377 e. The summed E-state index contributed by atoms with van der Waals surface area (Å²) in [5.74, 6) is 0.848. The van der Waals surface area contributed by atoms with Crippen LogP contribution in [0.1, 0.15) is 20.8 Å². The number of sulfone groups is 1. The molecular weight excluding hydrogens is 254 g/mol. The minimum absolute atomic E-state index is 0.109. The first-order valence-electron chi connectivity index (χ1n) is 5.96. The monoisotopic (exact) mass is 279 g/mol.